The average Bonchev–Trinajstić information content (AvgIpc) is 2.68. The summed E-state index contributed by atoms with van der Waals surface area (Å²) in [4.78, 5) is 12.2. The minimum atomic E-state index is -4.23. The molecule has 164 valence electrons. The Bertz CT molecular complexity index is 634. The molecule has 2 rings (SSSR count). The number of nitrogens with one attached hydrogen (secondary N) is 1. The van der Waals surface area contributed by atoms with Gasteiger partial charge in [-0.05, 0) is 18.8 Å². The normalized spacial score (nSPS) is 22.4. The highest BCUT2D eigenvalue weighted by atomic mass is 32.2. The molecule has 0 aromatic rings. The van der Waals surface area contributed by atoms with E-state index < -0.39 is 39.6 Å². The molecule has 0 aromatic heterocycles. The number of alkyl halides is 4. The summed E-state index contributed by atoms with van der Waals surface area (Å²) in [6.45, 7) is -1.42. The van der Waals surface area contributed by atoms with Crippen molar-refractivity contribution in [1.29, 1.82) is 0 Å². The minimum absolute atomic E-state index is 0.0307. The molecule has 28 heavy (non-hydrogen) atoms. The van der Waals surface area contributed by atoms with Gasteiger partial charge < -0.3 is 9.47 Å². The van der Waals surface area contributed by atoms with Gasteiger partial charge in [-0.3, -0.25) is 10.0 Å². The molecule has 8 nitrogen and oxygen atoms in total. The Balaban J connectivity index is 1.95. The fraction of sp³-hybridized carbons (Fsp3) is 0.933. The maximum atomic E-state index is 13.1. The van der Waals surface area contributed by atoms with Gasteiger partial charge in [0.25, 0.3) is 5.91 Å². The number of sulfonamides is 1. The third-order valence-electron chi connectivity index (χ3n) is 5.19. The smallest absolute Gasteiger partial charge is 0.330 e. The first-order valence-electron chi connectivity index (χ1n) is 8.82. The first kappa shape index (κ1) is 23.3. The van der Waals surface area contributed by atoms with Gasteiger partial charge in [-0.1, -0.05) is 0 Å². The summed E-state index contributed by atoms with van der Waals surface area (Å²) in [5, 5.41) is 9.00. The first-order chi connectivity index (χ1) is 13.1. The Morgan fingerprint density at radius 3 is 2.36 bits per heavy atom. The van der Waals surface area contributed by atoms with Gasteiger partial charge >= 0.3 is 12.3 Å². The summed E-state index contributed by atoms with van der Waals surface area (Å²) in [7, 11) is -4.12. The zero-order valence-electron chi connectivity index (χ0n) is 15.1. The van der Waals surface area contributed by atoms with Gasteiger partial charge in [0.1, 0.15) is 6.61 Å². The molecule has 0 unspecified atom stereocenters. The second-order valence-corrected chi connectivity index (χ2v) is 9.22. The fourth-order valence-corrected chi connectivity index (χ4v) is 5.54. The Morgan fingerprint density at radius 1 is 1.29 bits per heavy atom. The highest BCUT2D eigenvalue weighted by molar-refractivity contribution is 7.91. The van der Waals surface area contributed by atoms with Crippen molar-refractivity contribution >= 4 is 15.9 Å². The zero-order chi connectivity index (χ0) is 21.0. The third-order valence-corrected chi connectivity index (χ3v) is 7.82. The van der Waals surface area contributed by atoms with E-state index in [1.54, 1.807) is 0 Å². The number of ether oxygens (including phenoxy) is 2. The highest BCUT2D eigenvalue weighted by Crippen LogP contribution is 2.35. The summed E-state index contributed by atoms with van der Waals surface area (Å²) in [5.41, 5.74) is 1.43. The van der Waals surface area contributed by atoms with E-state index in [1.165, 1.54) is 5.48 Å². The molecule has 0 saturated carbocycles. The lowest BCUT2D eigenvalue weighted by molar-refractivity contribution is -0.168. The number of halogens is 4. The number of carbonyl (C=O) groups is 1. The standard InChI is InChI=1S/C15H24F4N2O6S/c16-12(17)15(18,19)10-27-9-11-1-5-21(6-2-11)28(24,25)14(13(22)20-23)3-7-26-8-4-14/h11-12,23H,1-10H2,(H,20,22). The molecular weight excluding hydrogens is 412 g/mol. The van der Waals surface area contributed by atoms with Crippen LogP contribution in [-0.2, 0) is 24.3 Å². The largest absolute Gasteiger partial charge is 0.381 e. The average molecular weight is 436 g/mol. The van der Waals surface area contributed by atoms with Gasteiger partial charge in [-0.2, -0.15) is 8.78 Å². The van der Waals surface area contributed by atoms with Crippen LogP contribution in [0.15, 0.2) is 0 Å². The molecule has 2 heterocycles. The number of rotatable bonds is 8. The molecule has 2 saturated heterocycles. The van der Waals surface area contributed by atoms with Crippen LogP contribution in [0.1, 0.15) is 25.7 Å². The number of hydrogen-bond acceptors (Lipinski definition) is 6. The molecule has 2 fully saturated rings. The van der Waals surface area contributed by atoms with E-state index in [2.05, 4.69) is 0 Å². The lowest BCUT2D eigenvalue weighted by Gasteiger charge is -2.40. The molecule has 0 aromatic carbocycles. The molecule has 0 bridgehead atoms. The monoisotopic (exact) mass is 436 g/mol. The Labute approximate surface area is 160 Å². The van der Waals surface area contributed by atoms with Crippen LogP contribution in [0.5, 0.6) is 0 Å². The number of amides is 1. The maximum absolute atomic E-state index is 13.1. The number of hydroxylamine groups is 1. The zero-order valence-corrected chi connectivity index (χ0v) is 15.9. The van der Waals surface area contributed by atoms with Gasteiger partial charge in [-0.25, -0.2) is 27.0 Å². The van der Waals surface area contributed by atoms with Crippen molar-refractivity contribution < 1.29 is 45.5 Å². The van der Waals surface area contributed by atoms with E-state index in [4.69, 9.17) is 14.7 Å². The first-order valence-corrected chi connectivity index (χ1v) is 10.3. The number of carbonyl (C=O) groups excluding carboxylic acids is 1. The number of nitrogens with zero attached hydrogens (tertiary/aromatic N) is 1. The van der Waals surface area contributed by atoms with E-state index >= 15 is 0 Å². The van der Waals surface area contributed by atoms with Crippen molar-refractivity contribution in [2.45, 2.75) is 42.8 Å². The Kier molecular flexibility index (Phi) is 7.64. The Morgan fingerprint density at radius 2 is 1.86 bits per heavy atom. The summed E-state index contributed by atoms with van der Waals surface area (Å²) >= 11 is 0. The summed E-state index contributed by atoms with van der Waals surface area (Å²) in [5.74, 6) is -5.51. The van der Waals surface area contributed by atoms with Crippen molar-refractivity contribution in [3.63, 3.8) is 0 Å². The third kappa shape index (κ3) is 4.75. The van der Waals surface area contributed by atoms with Crippen molar-refractivity contribution in [1.82, 2.24) is 9.79 Å². The summed E-state index contributed by atoms with van der Waals surface area (Å²) in [6, 6.07) is 0. The molecule has 2 aliphatic rings. The van der Waals surface area contributed by atoms with Crippen LogP contribution in [0.3, 0.4) is 0 Å². The SMILES string of the molecule is O=C(NO)C1(S(=O)(=O)N2CCC(COCC(F)(F)C(F)F)CC2)CCOCC1. The second-order valence-electron chi connectivity index (χ2n) is 6.97. The van der Waals surface area contributed by atoms with Crippen LogP contribution in [-0.4, -0.2) is 80.4 Å². The lowest BCUT2D eigenvalue weighted by atomic mass is 9.98. The van der Waals surface area contributed by atoms with Crippen molar-refractivity contribution in [2.75, 3.05) is 39.5 Å². The fourth-order valence-electron chi connectivity index (χ4n) is 3.39. The number of hydrogen-bond donors (Lipinski definition) is 2. The molecule has 2 aliphatic heterocycles. The molecular formula is C15H24F4N2O6S. The van der Waals surface area contributed by atoms with Crippen LogP contribution in [0, 0.1) is 5.92 Å². The summed E-state index contributed by atoms with van der Waals surface area (Å²) < 4.78 is 85.2. The number of piperidine rings is 1. The van der Waals surface area contributed by atoms with Gasteiger partial charge in [0, 0.05) is 45.8 Å². The molecule has 0 spiro atoms. The van der Waals surface area contributed by atoms with Crippen LogP contribution < -0.4 is 5.48 Å². The van der Waals surface area contributed by atoms with Crippen molar-refractivity contribution in [3.8, 4) is 0 Å². The Hall–Kier alpha value is -1.02. The maximum Gasteiger partial charge on any atom is 0.330 e. The van der Waals surface area contributed by atoms with Crippen LogP contribution >= 0.6 is 0 Å². The molecule has 13 heteroatoms. The van der Waals surface area contributed by atoms with E-state index in [-0.39, 0.29) is 64.5 Å². The molecule has 1 amide bonds. The van der Waals surface area contributed by atoms with Crippen LogP contribution in [0.4, 0.5) is 17.6 Å². The van der Waals surface area contributed by atoms with E-state index in [1.807, 2.05) is 0 Å². The second kappa shape index (κ2) is 9.20. The molecule has 0 aliphatic carbocycles. The molecule has 0 radical (unpaired) electrons. The van der Waals surface area contributed by atoms with E-state index in [0.29, 0.717) is 0 Å². The van der Waals surface area contributed by atoms with Crippen molar-refractivity contribution in [3.05, 3.63) is 0 Å². The van der Waals surface area contributed by atoms with Gasteiger partial charge in [-0.15, -0.1) is 0 Å². The quantitative estimate of drug-likeness (QED) is 0.334. The highest BCUT2D eigenvalue weighted by Gasteiger charge is 2.54. The predicted molar refractivity (Wildman–Crippen MR) is 87.7 cm³/mol. The van der Waals surface area contributed by atoms with Crippen LogP contribution in [0.25, 0.3) is 0 Å². The van der Waals surface area contributed by atoms with E-state index in [9.17, 15) is 30.8 Å². The molecule has 2 N–H and O–H groups in total. The van der Waals surface area contributed by atoms with Gasteiger partial charge in [0.15, 0.2) is 4.75 Å². The van der Waals surface area contributed by atoms with Gasteiger partial charge in [0.05, 0.1) is 0 Å². The molecule has 0 atom stereocenters. The van der Waals surface area contributed by atoms with E-state index in [0.717, 1.165) is 4.31 Å². The van der Waals surface area contributed by atoms with Gasteiger partial charge in [0.2, 0.25) is 10.0 Å². The minimum Gasteiger partial charge on any atom is -0.381 e. The summed E-state index contributed by atoms with van der Waals surface area (Å²) in [6.07, 6.45) is -3.48. The predicted octanol–water partition coefficient (Wildman–Crippen LogP) is 1.000. The van der Waals surface area contributed by atoms with Crippen LogP contribution in [0.2, 0.25) is 0 Å². The topological polar surface area (TPSA) is 105 Å². The van der Waals surface area contributed by atoms with Crippen molar-refractivity contribution in [2.24, 2.45) is 5.92 Å². The lowest BCUT2D eigenvalue weighted by Crippen LogP contribution is -2.60.